The Morgan fingerprint density at radius 2 is 1.84 bits per heavy atom. The zero-order chi connectivity index (χ0) is 31.4. The van der Waals surface area contributed by atoms with E-state index in [1.54, 1.807) is 45.4 Å². The Balaban J connectivity index is 1.15. The second-order valence-electron chi connectivity index (χ2n) is 10.0. The summed E-state index contributed by atoms with van der Waals surface area (Å²) >= 11 is 2.63. The van der Waals surface area contributed by atoms with Gasteiger partial charge in [0, 0.05) is 49.5 Å². The summed E-state index contributed by atoms with van der Waals surface area (Å²) in [6.07, 6.45) is -1.32. The number of nitrogens with zero attached hydrogens (tertiary/aromatic N) is 7. The molecule has 0 unspecified atom stereocenters. The number of rotatable bonds is 9. The lowest BCUT2D eigenvalue weighted by atomic mass is 10.2. The average molecular weight is 652 g/mol. The number of thiazole rings is 1. The Morgan fingerprint density at radius 1 is 1.02 bits per heavy atom. The van der Waals surface area contributed by atoms with Gasteiger partial charge in [-0.2, -0.15) is 13.2 Å². The topological polar surface area (TPSA) is 89.3 Å². The van der Waals surface area contributed by atoms with Crippen LogP contribution in [-0.2, 0) is 11.9 Å². The molecule has 0 atom stereocenters. The van der Waals surface area contributed by atoms with E-state index in [2.05, 4.69) is 25.1 Å². The molecule has 0 bridgehead atoms. The summed E-state index contributed by atoms with van der Waals surface area (Å²) in [5.74, 6) is 1.41. The first kappa shape index (κ1) is 30.6. The van der Waals surface area contributed by atoms with E-state index in [9.17, 15) is 18.0 Å². The van der Waals surface area contributed by atoms with Crippen LogP contribution in [0, 0.1) is 0 Å². The van der Waals surface area contributed by atoms with Crippen LogP contribution in [0.4, 0.5) is 18.9 Å². The summed E-state index contributed by atoms with van der Waals surface area (Å²) in [5.41, 5.74) is 1.49. The minimum atomic E-state index is -4.50. The second kappa shape index (κ2) is 13.3. The smallest absolute Gasteiger partial charge is 0.416 e. The van der Waals surface area contributed by atoms with Crippen molar-refractivity contribution in [2.75, 3.05) is 37.7 Å². The van der Waals surface area contributed by atoms with Gasteiger partial charge in [-0.25, -0.2) is 4.98 Å². The number of hydrogen-bond donors (Lipinski definition) is 0. The van der Waals surface area contributed by atoms with Gasteiger partial charge in [0.2, 0.25) is 0 Å². The van der Waals surface area contributed by atoms with Gasteiger partial charge in [0.05, 0.1) is 29.3 Å². The van der Waals surface area contributed by atoms with E-state index in [1.807, 2.05) is 31.2 Å². The Bertz CT molecular complexity index is 1770. The van der Waals surface area contributed by atoms with Crippen molar-refractivity contribution in [1.29, 1.82) is 0 Å². The number of halogens is 3. The maximum atomic E-state index is 13.5. The molecule has 1 aliphatic heterocycles. The molecule has 1 aliphatic rings. The molecule has 45 heavy (non-hydrogen) atoms. The number of para-hydroxylation sites is 2. The molecule has 0 aliphatic carbocycles. The highest BCUT2D eigenvalue weighted by molar-refractivity contribution is 7.98. The first-order valence-electron chi connectivity index (χ1n) is 14.2. The Hall–Kier alpha value is -4.43. The minimum Gasteiger partial charge on any atom is -0.492 e. The zero-order valence-corrected chi connectivity index (χ0v) is 25.8. The minimum absolute atomic E-state index is 0.133. The van der Waals surface area contributed by atoms with Crippen LogP contribution in [0.2, 0.25) is 0 Å². The number of pyridine rings is 1. The quantitative estimate of drug-likeness (QED) is 0.168. The number of alkyl halides is 3. The fraction of sp³-hybridized carbons (Fsp3) is 0.258. The number of carbonyl (C=O) groups is 1. The zero-order valence-electron chi connectivity index (χ0n) is 24.1. The average Bonchev–Trinajstić information content (AvgIpc) is 3.72. The lowest BCUT2D eigenvalue weighted by molar-refractivity contribution is -0.137. The van der Waals surface area contributed by atoms with Crippen LogP contribution < -0.4 is 9.64 Å². The maximum Gasteiger partial charge on any atom is 0.416 e. The summed E-state index contributed by atoms with van der Waals surface area (Å²) in [6, 6.07) is 16.4. The van der Waals surface area contributed by atoms with Crippen LogP contribution in [0.3, 0.4) is 0 Å². The summed E-state index contributed by atoms with van der Waals surface area (Å²) < 4.78 is 48.0. The van der Waals surface area contributed by atoms with Gasteiger partial charge in [-0.3, -0.25) is 14.3 Å². The van der Waals surface area contributed by atoms with Crippen molar-refractivity contribution < 1.29 is 22.7 Å². The van der Waals surface area contributed by atoms with Crippen LogP contribution in [0.25, 0.3) is 17.1 Å². The van der Waals surface area contributed by atoms with E-state index >= 15 is 0 Å². The molecule has 5 aromatic rings. The molecule has 0 spiro atoms. The van der Waals surface area contributed by atoms with E-state index < -0.39 is 11.7 Å². The van der Waals surface area contributed by atoms with E-state index in [0.29, 0.717) is 65.8 Å². The van der Waals surface area contributed by atoms with E-state index in [4.69, 9.17) is 4.74 Å². The molecule has 4 heterocycles. The van der Waals surface area contributed by atoms with Crippen molar-refractivity contribution in [1.82, 2.24) is 29.6 Å². The van der Waals surface area contributed by atoms with Crippen molar-refractivity contribution in [3.8, 4) is 22.8 Å². The van der Waals surface area contributed by atoms with Crippen molar-refractivity contribution in [2.24, 2.45) is 0 Å². The molecule has 0 saturated carbocycles. The fourth-order valence-electron chi connectivity index (χ4n) is 5.01. The molecule has 0 N–H and O–H groups in total. The fourth-order valence-corrected chi connectivity index (χ4v) is 6.75. The summed E-state index contributed by atoms with van der Waals surface area (Å²) in [5, 5.41) is 11.4. The third-order valence-electron chi connectivity index (χ3n) is 7.15. The molecular weight excluding hydrogens is 624 g/mol. The van der Waals surface area contributed by atoms with Crippen LogP contribution in [0.5, 0.6) is 5.75 Å². The Kier molecular flexibility index (Phi) is 9.03. The third kappa shape index (κ3) is 6.81. The van der Waals surface area contributed by atoms with Gasteiger partial charge >= 0.3 is 6.18 Å². The van der Waals surface area contributed by atoms with E-state index in [0.717, 1.165) is 23.6 Å². The molecule has 1 saturated heterocycles. The molecule has 14 heteroatoms. The number of carbonyl (C=O) groups excluding carboxylic acids is 1. The van der Waals surface area contributed by atoms with E-state index in [1.165, 1.54) is 29.2 Å². The predicted molar refractivity (Wildman–Crippen MR) is 167 cm³/mol. The van der Waals surface area contributed by atoms with Crippen molar-refractivity contribution >= 4 is 34.7 Å². The van der Waals surface area contributed by atoms with Crippen molar-refractivity contribution in [3.63, 3.8) is 0 Å². The standard InChI is InChI=1S/C31H28F3N7O2S2/c1-2-43-26-11-4-3-10-25(26)39-13-15-40(16-14-39)29(42)24-19-44-27(36-24)20-45-30-38-37-28(21-7-6-12-35-18-21)41(30)23-9-5-8-22(17-23)31(32,33)34/h3-12,17-19H,2,13-16,20H2,1H3. The number of thioether (sulfide) groups is 1. The van der Waals surface area contributed by atoms with Gasteiger partial charge < -0.3 is 14.5 Å². The number of amides is 1. The number of anilines is 1. The first-order valence-corrected chi connectivity index (χ1v) is 16.0. The van der Waals surface area contributed by atoms with Crippen LogP contribution in [0.1, 0.15) is 28.0 Å². The highest BCUT2D eigenvalue weighted by atomic mass is 32.2. The predicted octanol–water partition coefficient (Wildman–Crippen LogP) is 6.46. The van der Waals surface area contributed by atoms with Crippen LogP contribution in [-0.4, -0.2) is 68.3 Å². The summed E-state index contributed by atoms with van der Waals surface area (Å²) in [6.45, 7) is 4.99. The van der Waals surface area contributed by atoms with Crippen LogP contribution >= 0.6 is 23.1 Å². The number of piperazine rings is 1. The van der Waals surface area contributed by atoms with Gasteiger partial charge in [-0.05, 0) is 49.4 Å². The number of ether oxygens (including phenoxy) is 1. The lowest BCUT2D eigenvalue weighted by Gasteiger charge is -2.36. The van der Waals surface area contributed by atoms with Gasteiger partial charge in [-0.1, -0.05) is 30.0 Å². The molecule has 1 fully saturated rings. The molecule has 0 radical (unpaired) electrons. The normalized spacial score (nSPS) is 13.7. The van der Waals surface area contributed by atoms with Gasteiger partial charge in [0.25, 0.3) is 5.91 Å². The maximum absolute atomic E-state index is 13.5. The summed E-state index contributed by atoms with van der Waals surface area (Å²) in [4.78, 5) is 26.0. The molecule has 9 nitrogen and oxygen atoms in total. The Labute approximate surface area is 265 Å². The first-order chi connectivity index (χ1) is 21.8. The van der Waals surface area contributed by atoms with Gasteiger partial charge in [0.1, 0.15) is 16.5 Å². The number of benzene rings is 2. The molecular formula is C31H28F3N7O2S2. The highest BCUT2D eigenvalue weighted by Crippen LogP contribution is 2.34. The highest BCUT2D eigenvalue weighted by Gasteiger charge is 2.31. The molecule has 2 aromatic carbocycles. The van der Waals surface area contributed by atoms with E-state index in [-0.39, 0.29) is 11.6 Å². The molecule has 1 amide bonds. The monoisotopic (exact) mass is 651 g/mol. The lowest BCUT2D eigenvalue weighted by Crippen LogP contribution is -2.49. The van der Waals surface area contributed by atoms with Gasteiger partial charge in [-0.15, -0.1) is 21.5 Å². The van der Waals surface area contributed by atoms with Crippen molar-refractivity contribution in [3.05, 3.63) is 94.7 Å². The summed E-state index contributed by atoms with van der Waals surface area (Å²) in [7, 11) is 0. The van der Waals surface area contributed by atoms with Crippen LogP contribution in [0.15, 0.2) is 83.6 Å². The molecule has 232 valence electrons. The molecule has 3 aromatic heterocycles. The number of aromatic nitrogens is 5. The Morgan fingerprint density at radius 3 is 2.60 bits per heavy atom. The SMILES string of the molecule is CCOc1ccccc1N1CCN(C(=O)c2csc(CSc3nnc(-c4cccnc4)n3-c3cccc(C(F)(F)F)c3)n2)CC1. The number of hydrogen-bond acceptors (Lipinski definition) is 9. The second-order valence-corrected chi connectivity index (χ2v) is 11.9. The van der Waals surface area contributed by atoms with Crippen molar-refractivity contribution in [2.45, 2.75) is 24.0 Å². The van der Waals surface area contributed by atoms with Gasteiger partial charge in [0.15, 0.2) is 11.0 Å². The molecule has 6 rings (SSSR count). The largest absolute Gasteiger partial charge is 0.492 e. The third-order valence-corrected chi connectivity index (χ3v) is 9.12.